The number of carbonyl (C=O) groups is 2. The van der Waals surface area contributed by atoms with Crippen molar-refractivity contribution in [1.82, 2.24) is 0 Å². The van der Waals surface area contributed by atoms with Crippen molar-refractivity contribution >= 4 is 17.6 Å². The van der Waals surface area contributed by atoms with Gasteiger partial charge in [0.1, 0.15) is 17.2 Å². The first kappa shape index (κ1) is 21.4. The highest BCUT2D eigenvalue weighted by Crippen LogP contribution is 2.41. The molecule has 1 fully saturated rings. The van der Waals surface area contributed by atoms with Crippen molar-refractivity contribution in [2.24, 2.45) is 5.92 Å². The molecule has 0 radical (unpaired) electrons. The lowest BCUT2D eigenvalue weighted by atomic mass is 9.83. The molecule has 0 saturated carbocycles. The van der Waals surface area contributed by atoms with E-state index in [-0.39, 0.29) is 18.3 Å². The number of methoxy groups -OCH3 is 2. The fourth-order valence-electron chi connectivity index (χ4n) is 4.05. The second-order valence-corrected chi connectivity index (χ2v) is 7.56. The largest absolute Gasteiger partial charge is 0.497 e. The number of amides is 1. The van der Waals surface area contributed by atoms with Crippen molar-refractivity contribution in [1.29, 1.82) is 0 Å². The van der Waals surface area contributed by atoms with Gasteiger partial charge in [0.15, 0.2) is 0 Å². The Hall–Kier alpha value is -3.80. The fraction of sp³-hybridized carbons (Fsp3) is 0.231. The minimum atomic E-state index is -0.525. The molecule has 4 rings (SSSR count). The Morgan fingerprint density at radius 2 is 1.41 bits per heavy atom. The predicted molar refractivity (Wildman–Crippen MR) is 121 cm³/mol. The molecule has 1 saturated heterocycles. The molecule has 0 spiro atoms. The Labute approximate surface area is 187 Å². The van der Waals surface area contributed by atoms with E-state index in [1.54, 1.807) is 43.4 Å². The van der Waals surface area contributed by atoms with Gasteiger partial charge in [-0.1, -0.05) is 30.3 Å². The van der Waals surface area contributed by atoms with Gasteiger partial charge in [-0.15, -0.1) is 0 Å². The number of para-hydroxylation sites is 1. The van der Waals surface area contributed by atoms with E-state index in [0.29, 0.717) is 29.4 Å². The second kappa shape index (κ2) is 9.56. The fourth-order valence-corrected chi connectivity index (χ4v) is 4.05. The maximum absolute atomic E-state index is 13.3. The van der Waals surface area contributed by atoms with Crippen LogP contribution in [-0.2, 0) is 9.59 Å². The van der Waals surface area contributed by atoms with Gasteiger partial charge in [0.25, 0.3) is 0 Å². The van der Waals surface area contributed by atoms with Gasteiger partial charge in [0, 0.05) is 12.1 Å². The van der Waals surface area contributed by atoms with E-state index >= 15 is 0 Å². The molecule has 1 amide bonds. The average Bonchev–Trinajstić information content (AvgIpc) is 2.84. The second-order valence-electron chi connectivity index (χ2n) is 7.56. The zero-order chi connectivity index (χ0) is 22.5. The summed E-state index contributed by atoms with van der Waals surface area (Å²) in [5.41, 5.74) is 1.54. The number of piperidine rings is 1. The number of esters is 1. The van der Waals surface area contributed by atoms with E-state index in [0.717, 1.165) is 5.56 Å². The zero-order valence-corrected chi connectivity index (χ0v) is 18.1. The van der Waals surface area contributed by atoms with E-state index in [1.165, 1.54) is 0 Å². The van der Waals surface area contributed by atoms with E-state index < -0.39 is 12.0 Å². The van der Waals surface area contributed by atoms with Crippen molar-refractivity contribution < 1.29 is 23.8 Å². The molecule has 3 aromatic carbocycles. The molecule has 0 aliphatic carbocycles. The molecule has 6 nitrogen and oxygen atoms in total. The van der Waals surface area contributed by atoms with Crippen molar-refractivity contribution in [3.05, 3.63) is 84.4 Å². The quantitative estimate of drug-likeness (QED) is 0.415. The predicted octanol–water partition coefficient (Wildman–Crippen LogP) is 4.79. The van der Waals surface area contributed by atoms with Crippen molar-refractivity contribution in [3.8, 4) is 17.2 Å². The van der Waals surface area contributed by atoms with Crippen LogP contribution in [0.3, 0.4) is 0 Å². The molecule has 164 valence electrons. The monoisotopic (exact) mass is 431 g/mol. The van der Waals surface area contributed by atoms with E-state index in [2.05, 4.69) is 0 Å². The van der Waals surface area contributed by atoms with Crippen LogP contribution >= 0.6 is 0 Å². The molecule has 6 heteroatoms. The van der Waals surface area contributed by atoms with E-state index in [1.807, 2.05) is 54.6 Å². The lowest BCUT2D eigenvalue weighted by Crippen LogP contribution is -2.46. The van der Waals surface area contributed by atoms with Gasteiger partial charge in [-0.05, 0) is 60.5 Å². The maximum Gasteiger partial charge on any atom is 0.316 e. The highest BCUT2D eigenvalue weighted by molar-refractivity contribution is 5.97. The number of hydrogen-bond acceptors (Lipinski definition) is 5. The van der Waals surface area contributed by atoms with Crippen molar-refractivity contribution in [3.63, 3.8) is 0 Å². The Kier molecular flexibility index (Phi) is 6.40. The summed E-state index contributed by atoms with van der Waals surface area (Å²) < 4.78 is 16.2. The number of nitrogens with zero attached hydrogens (tertiary/aromatic N) is 1. The summed E-state index contributed by atoms with van der Waals surface area (Å²) in [5, 5.41) is 0. The summed E-state index contributed by atoms with van der Waals surface area (Å²) in [7, 11) is 3.19. The number of anilines is 1. The molecule has 0 aromatic heterocycles. The topological polar surface area (TPSA) is 65.1 Å². The smallest absolute Gasteiger partial charge is 0.316 e. The highest BCUT2D eigenvalue weighted by Gasteiger charge is 2.42. The summed E-state index contributed by atoms with van der Waals surface area (Å²) in [6.07, 6.45) is 0.668. The van der Waals surface area contributed by atoms with Crippen LogP contribution in [0.1, 0.15) is 24.4 Å². The van der Waals surface area contributed by atoms with E-state index in [9.17, 15) is 9.59 Å². The summed E-state index contributed by atoms with van der Waals surface area (Å²) >= 11 is 0. The van der Waals surface area contributed by atoms with Gasteiger partial charge in [0.2, 0.25) is 5.91 Å². The maximum atomic E-state index is 13.3. The summed E-state index contributed by atoms with van der Waals surface area (Å²) in [4.78, 5) is 28.0. The third kappa shape index (κ3) is 4.44. The first-order valence-electron chi connectivity index (χ1n) is 10.5. The van der Waals surface area contributed by atoms with Gasteiger partial charge in [-0.25, -0.2) is 0 Å². The lowest BCUT2D eigenvalue weighted by Gasteiger charge is -2.40. The number of hydrogen-bond donors (Lipinski definition) is 0. The zero-order valence-electron chi connectivity index (χ0n) is 18.1. The minimum absolute atomic E-state index is 0.0419. The third-order valence-electron chi connectivity index (χ3n) is 5.67. The molecule has 32 heavy (non-hydrogen) atoms. The van der Waals surface area contributed by atoms with Gasteiger partial charge >= 0.3 is 5.97 Å². The van der Waals surface area contributed by atoms with Crippen LogP contribution in [0.25, 0.3) is 0 Å². The van der Waals surface area contributed by atoms with Crippen LogP contribution < -0.4 is 19.1 Å². The summed E-state index contributed by atoms with van der Waals surface area (Å²) in [6, 6.07) is 23.2. The van der Waals surface area contributed by atoms with Gasteiger partial charge in [-0.3, -0.25) is 9.59 Å². The Bertz CT molecular complexity index is 1060. The van der Waals surface area contributed by atoms with Crippen LogP contribution in [0.15, 0.2) is 78.9 Å². The third-order valence-corrected chi connectivity index (χ3v) is 5.67. The Balaban J connectivity index is 1.73. The van der Waals surface area contributed by atoms with Gasteiger partial charge < -0.3 is 19.1 Å². The van der Waals surface area contributed by atoms with Gasteiger partial charge in [0.05, 0.1) is 26.2 Å². The summed E-state index contributed by atoms with van der Waals surface area (Å²) in [6.45, 7) is 0. The Morgan fingerprint density at radius 1 is 0.812 bits per heavy atom. The standard InChI is InChI=1S/C26H25NO5/c1-30-20-12-8-18(9-13-20)25-23(26(29)32-22-6-4-3-5-7-22)16-17-24(28)27(25)19-10-14-21(31-2)15-11-19/h3-15,23,25H,16-17H2,1-2H3. The molecule has 2 atom stereocenters. The normalized spacial score (nSPS) is 18.2. The SMILES string of the molecule is COc1ccc(C2C(C(=O)Oc3ccccc3)CCC(=O)N2c2ccc(OC)cc2)cc1. The summed E-state index contributed by atoms with van der Waals surface area (Å²) in [5.74, 6) is 0.958. The van der Waals surface area contributed by atoms with Crippen molar-refractivity contribution in [2.45, 2.75) is 18.9 Å². The molecular weight excluding hydrogens is 406 g/mol. The van der Waals surface area contributed by atoms with Crippen LogP contribution in [0, 0.1) is 5.92 Å². The molecule has 1 aliphatic heterocycles. The molecule has 0 bridgehead atoms. The molecule has 3 aromatic rings. The molecule has 0 N–H and O–H groups in total. The average molecular weight is 431 g/mol. The number of carbonyl (C=O) groups excluding carboxylic acids is 2. The molecule has 2 unspecified atom stereocenters. The van der Waals surface area contributed by atoms with Crippen LogP contribution in [0.2, 0.25) is 0 Å². The molecule has 1 heterocycles. The van der Waals surface area contributed by atoms with Crippen LogP contribution in [0.5, 0.6) is 17.2 Å². The van der Waals surface area contributed by atoms with Gasteiger partial charge in [-0.2, -0.15) is 0 Å². The van der Waals surface area contributed by atoms with Crippen LogP contribution in [-0.4, -0.2) is 26.1 Å². The number of benzene rings is 3. The first-order valence-corrected chi connectivity index (χ1v) is 10.5. The molecular formula is C26H25NO5. The van der Waals surface area contributed by atoms with Crippen molar-refractivity contribution in [2.75, 3.05) is 19.1 Å². The first-order chi connectivity index (χ1) is 15.6. The van der Waals surface area contributed by atoms with E-state index in [4.69, 9.17) is 14.2 Å². The minimum Gasteiger partial charge on any atom is -0.497 e. The Morgan fingerprint density at radius 3 is 2.00 bits per heavy atom. The molecule has 1 aliphatic rings. The number of rotatable bonds is 6. The highest BCUT2D eigenvalue weighted by atomic mass is 16.5. The lowest BCUT2D eigenvalue weighted by molar-refractivity contribution is -0.141. The van der Waals surface area contributed by atoms with Crippen LogP contribution in [0.4, 0.5) is 5.69 Å². The number of ether oxygens (including phenoxy) is 3.